The van der Waals surface area contributed by atoms with Crippen molar-refractivity contribution in [3.05, 3.63) is 23.8 Å². The lowest BCUT2D eigenvalue weighted by Gasteiger charge is -2.49. The molecule has 1 aliphatic carbocycles. The molecule has 1 aromatic rings. The van der Waals surface area contributed by atoms with Gasteiger partial charge < -0.3 is 15.5 Å². The van der Waals surface area contributed by atoms with Crippen LogP contribution in [0.4, 0.5) is 20.2 Å². The molecule has 0 saturated heterocycles. The Labute approximate surface area is 113 Å². The number of hydrogen-bond donors (Lipinski definition) is 1. The second-order valence-electron chi connectivity index (χ2n) is 5.63. The maximum Gasteiger partial charge on any atom is 0.184 e. The summed E-state index contributed by atoms with van der Waals surface area (Å²) in [5, 5.41) is 0. The van der Waals surface area contributed by atoms with Crippen LogP contribution < -0.4 is 10.6 Å². The lowest BCUT2D eigenvalue weighted by atomic mass is 9.75. The van der Waals surface area contributed by atoms with Crippen LogP contribution in [0.2, 0.25) is 0 Å². The Morgan fingerprint density at radius 1 is 1.21 bits per heavy atom. The number of hydrogen-bond acceptors (Lipinski definition) is 3. The number of halogens is 2. The predicted octanol–water partition coefficient (Wildman–Crippen LogP) is 2.47. The Morgan fingerprint density at radius 2 is 1.84 bits per heavy atom. The highest BCUT2D eigenvalue weighted by atomic mass is 19.2. The summed E-state index contributed by atoms with van der Waals surface area (Å²) in [4.78, 5) is 3.90. The minimum atomic E-state index is -0.865. The fourth-order valence-corrected chi connectivity index (χ4v) is 2.80. The molecule has 106 valence electrons. The molecular formula is C14H21F2N3. The van der Waals surface area contributed by atoms with E-state index in [0.29, 0.717) is 6.54 Å². The lowest BCUT2D eigenvalue weighted by molar-refractivity contribution is 0.0682. The van der Waals surface area contributed by atoms with Gasteiger partial charge in [-0.3, -0.25) is 0 Å². The van der Waals surface area contributed by atoms with E-state index in [9.17, 15) is 8.78 Å². The van der Waals surface area contributed by atoms with Crippen LogP contribution in [0.25, 0.3) is 0 Å². The van der Waals surface area contributed by atoms with Crippen molar-refractivity contribution in [2.75, 3.05) is 38.3 Å². The smallest absolute Gasteiger partial charge is 0.184 e. The average molecular weight is 269 g/mol. The fraction of sp³-hybridized carbons (Fsp3) is 0.571. The standard InChI is InChI=1S/C14H21F2N3/c1-18(2)14(7-4-8-14)9-19(3)13-11(17)6-5-10(15)12(13)16/h5-6H,4,7-9,17H2,1-3H3. The Balaban J connectivity index is 2.25. The number of nitrogens with two attached hydrogens (primary N) is 1. The van der Waals surface area contributed by atoms with Crippen molar-refractivity contribution >= 4 is 11.4 Å². The summed E-state index contributed by atoms with van der Waals surface area (Å²) in [5.74, 6) is -1.72. The highest BCUT2D eigenvalue weighted by molar-refractivity contribution is 5.68. The van der Waals surface area contributed by atoms with Crippen LogP contribution in [0.1, 0.15) is 19.3 Å². The molecule has 19 heavy (non-hydrogen) atoms. The highest BCUT2D eigenvalue weighted by Crippen LogP contribution is 2.38. The first kappa shape index (κ1) is 14.1. The van der Waals surface area contributed by atoms with Gasteiger partial charge in [0.05, 0.1) is 11.4 Å². The molecule has 0 radical (unpaired) electrons. The molecule has 0 amide bonds. The molecule has 3 nitrogen and oxygen atoms in total. The molecule has 0 aromatic heterocycles. The zero-order valence-corrected chi connectivity index (χ0v) is 11.7. The zero-order chi connectivity index (χ0) is 14.2. The van der Waals surface area contributed by atoms with Gasteiger partial charge in [0.15, 0.2) is 11.6 Å². The summed E-state index contributed by atoms with van der Waals surface area (Å²) in [6, 6.07) is 2.47. The van der Waals surface area contributed by atoms with Crippen LogP contribution in [-0.2, 0) is 0 Å². The molecule has 0 atom stereocenters. The van der Waals surface area contributed by atoms with Gasteiger partial charge in [0.1, 0.15) is 0 Å². The van der Waals surface area contributed by atoms with Gasteiger partial charge >= 0.3 is 0 Å². The normalized spacial score (nSPS) is 17.4. The summed E-state index contributed by atoms with van der Waals surface area (Å²) in [5.41, 5.74) is 6.26. The molecule has 5 heteroatoms. The molecule has 1 fully saturated rings. The summed E-state index contributed by atoms with van der Waals surface area (Å²) in [7, 11) is 5.81. The van der Waals surface area contributed by atoms with Gasteiger partial charge in [0.25, 0.3) is 0 Å². The fourth-order valence-electron chi connectivity index (χ4n) is 2.80. The van der Waals surface area contributed by atoms with Crippen LogP contribution in [-0.4, -0.2) is 38.1 Å². The van der Waals surface area contributed by atoms with Crippen molar-refractivity contribution < 1.29 is 8.78 Å². The molecule has 0 aliphatic heterocycles. The monoisotopic (exact) mass is 269 g/mol. The number of nitrogens with zero attached hydrogens (tertiary/aromatic N) is 2. The minimum absolute atomic E-state index is 0.0416. The van der Waals surface area contributed by atoms with E-state index in [1.165, 1.54) is 12.5 Å². The van der Waals surface area contributed by atoms with Gasteiger partial charge in [-0.2, -0.15) is 0 Å². The maximum atomic E-state index is 13.9. The first-order chi connectivity index (χ1) is 8.87. The Hall–Kier alpha value is -1.36. The molecule has 1 aromatic carbocycles. The second kappa shape index (κ2) is 4.96. The molecule has 2 N–H and O–H groups in total. The molecular weight excluding hydrogens is 248 g/mol. The predicted molar refractivity (Wildman–Crippen MR) is 74.3 cm³/mol. The molecule has 0 unspecified atom stereocenters. The zero-order valence-electron chi connectivity index (χ0n) is 11.7. The Kier molecular flexibility index (Phi) is 3.67. The van der Waals surface area contributed by atoms with Crippen molar-refractivity contribution in [3.8, 4) is 0 Å². The molecule has 2 rings (SSSR count). The van der Waals surface area contributed by atoms with E-state index in [1.54, 1.807) is 11.9 Å². The van der Waals surface area contributed by atoms with Gasteiger partial charge in [0, 0.05) is 19.1 Å². The van der Waals surface area contributed by atoms with Crippen LogP contribution >= 0.6 is 0 Å². The SMILES string of the molecule is CN(CC1(N(C)C)CCC1)c1c(N)ccc(F)c1F. The van der Waals surface area contributed by atoms with E-state index >= 15 is 0 Å². The van der Waals surface area contributed by atoms with E-state index in [4.69, 9.17) is 5.73 Å². The molecule has 0 bridgehead atoms. The van der Waals surface area contributed by atoms with Crippen LogP contribution in [0.5, 0.6) is 0 Å². The topological polar surface area (TPSA) is 32.5 Å². The van der Waals surface area contributed by atoms with Crippen molar-refractivity contribution in [1.82, 2.24) is 4.90 Å². The van der Waals surface area contributed by atoms with Gasteiger partial charge in [-0.1, -0.05) is 0 Å². The number of nitrogen functional groups attached to an aromatic ring is 1. The Bertz CT molecular complexity index is 470. The lowest BCUT2D eigenvalue weighted by Crippen LogP contribution is -2.57. The Morgan fingerprint density at radius 3 is 2.32 bits per heavy atom. The van der Waals surface area contributed by atoms with Gasteiger partial charge in [-0.05, 0) is 45.5 Å². The first-order valence-electron chi connectivity index (χ1n) is 6.49. The van der Waals surface area contributed by atoms with Gasteiger partial charge in [0.2, 0.25) is 0 Å². The van der Waals surface area contributed by atoms with E-state index in [0.717, 1.165) is 18.9 Å². The van der Waals surface area contributed by atoms with E-state index in [2.05, 4.69) is 4.90 Å². The molecule has 1 aliphatic rings. The van der Waals surface area contributed by atoms with Crippen molar-refractivity contribution in [2.45, 2.75) is 24.8 Å². The summed E-state index contributed by atoms with van der Waals surface area (Å²) in [6.07, 6.45) is 3.31. The van der Waals surface area contributed by atoms with Crippen molar-refractivity contribution in [3.63, 3.8) is 0 Å². The summed E-state index contributed by atoms with van der Waals surface area (Å²) >= 11 is 0. The first-order valence-corrected chi connectivity index (χ1v) is 6.49. The molecule has 0 spiro atoms. The number of rotatable bonds is 4. The van der Waals surface area contributed by atoms with Crippen molar-refractivity contribution in [1.29, 1.82) is 0 Å². The third-order valence-electron chi connectivity index (χ3n) is 4.25. The van der Waals surface area contributed by atoms with Crippen molar-refractivity contribution in [2.24, 2.45) is 0 Å². The number of likely N-dealkylation sites (N-methyl/N-ethyl adjacent to an activating group) is 2. The third-order valence-corrected chi connectivity index (χ3v) is 4.25. The average Bonchev–Trinajstić information content (AvgIpc) is 2.28. The van der Waals surface area contributed by atoms with Crippen LogP contribution in [0.3, 0.4) is 0 Å². The maximum absolute atomic E-state index is 13.9. The second-order valence-corrected chi connectivity index (χ2v) is 5.63. The molecule has 0 heterocycles. The number of benzene rings is 1. The minimum Gasteiger partial charge on any atom is -0.397 e. The van der Waals surface area contributed by atoms with Gasteiger partial charge in [-0.25, -0.2) is 8.78 Å². The van der Waals surface area contributed by atoms with Gasteiger partial charge in [-0.15, -0.1) is 0 Å². The largest absolute Gasteiger partial charge is 0.397 e. The number of anilines is 2. The van der Waals surface area contributed by atoms with Crippen LogP contribution in [0.15, 0.2) is 12.1 Å². The summed E-state index contributed by atoms with van der Waals surface area (Å²) in [6.45, 7) is 0.643. The summed E-state index contributed by atoms with van der Waals surface area (Å²) < 4.78 is 27.2. The quantitative estimate of drug-likeness (QED) is 0.852. The van der Waals surface area contributed by atoms with E-state index in [1.807, 2.05) is 14.1 Å². The molecule has 1 saturated carbocycles. The van der Waals surface area contributed by atoms with Crippen LogP contribution in [0, 0.1) is 11.6 Å². The highest BCUT2D eigenvalue weighted by Gasteiger charge is 2.40. The van der Waals surface area contributed by atoms with E-state index in [-0.39, 0.29) is 16.9 Å². The third kappa shape index (κ3) is 2.39. The van der Waals surface area contributed by atoms with E-state index < -0.39 is 11.6 Å².